The molecule has 53 heavy (non-hydrogen) atoms. The molecule has 0 saturated carbocycles. The Morgan fingerprint density at radius 2 is 1.02 bits per heavy atom. The van der Waals surface area contributed by atoms with E-state index in [9.17, 15) is 43.2 Å². The van der Waals surface area contributed by atoms with Gasteiger partial charge >= 0.3 is 12.5 Å². The first-order valence-electron chi connectivity index (χ1n) is 16.6. The molecule has 0 bridgehead atoms. The number of benzene rings is 4. The predicted octanol–water partition coefficient (Wildman–Crippen LogP) is 6.75. The molecule has 2 heterocycles. The fourth-order valence-corrected chi connectivity index (χ4v) is 8.38. The molecule has 0 saturated heterocycles. The van der Waals surface area contributed by atoms with E-state index in [-0.39, 0.29) is 35.0 Å². The Bertz CT molecular complexity index is 2080. The van der Waals surface area contributed by atoms with Crippen molar-refractivity contribution in [1.29, 1.82) is 0 Å². The average molecular weight is 785 g/mol. The second-order valence-electron chi connectivity index (χ2n) is 12.6. The van der Waals surface area contributed by atoms with Gasteiger partial charge in [0.2, 0.25) is 20.0 Å². The molecule has 2 atom stereocenters. The smallest absolute Gasteiger partial charge is 0.406 e. The Kier molecular flexibility index (Phi) is 12.0. The highest BCUT2D eigenvalue weighted by atomic mass is 32.2. The van der Waals surface area contributed by atoms with E-state index in [1.54, 1.807) is 0 Å². The van der Waals surface area contributed by atoms with Crippen molar-refractivity contribution in [2.45, 2.75) is 61.1 Å². The summed E-state index contributed by atoms with van der Waals surface area (Å²) in [6.45, 7) is 5.80. The molecule has 0 radical (unpaired) electrons. The molecule has 4 aromatic carbocycles. The van der Waals surface area contributed by atoms with Crippen LogP contribution in [0.2, 0.25) is 0 Å². The van der Waals surface area contributed by atoms with Gasteiger partial charge in [0.1, 0.15) is 5.75 Å². The summed E-state index contributed by atoms with van der Waals surface area (Å²) in [6, 6.07) is 23.4. The number of nitrogens with one attached hydrogen (secondary N) is 2. The number of para-hydroxylation sites is 2. The van der Waals surface area contributed by atoms with Crippen LogP contribution in [0, 0.1) is 0 Å². The van der Waals surface area contributed by atoms with Crippen molar-refractivity contribution in [2.24, 2.45) is 0 Å². The molecule has 9 nitrogen and oxygen atoms in total. The van der Waals surface area contributed by atoms with Crippen molar-refractivity contribution in [3.8, 4) is 5.75 Å². The molecule has 2 aliphatic heterocycles. The van der Waals surface area contributed by atoms with E-state index < -0.39 is 43.9 Å². The highest BCUT2D eigenvalue weighted by Gasteiger charge is 2.32. The summed E-state index contributed by atoms with van der Waals surface area (Å²) >= 11 is 0. The van der Waals surface area contributed by atoms with Crippen molar-refractivity contribution in [1.82, 2.24) is 9.44 Å². The minimum absolute atomic E-state index is 0.0729. The molecular weight excluding hydrogens is 747 g/mol. The highest BCUT2D eigenvalue weighted by Crippen LogP contribution is 2.32. The zero-order valence-electron chi connectivity index (χ0n) is 28.7. The van der Waals surface area contributed by atoms with Crippen LogP contribution in [0.4, 0.5) is 37.7 Å². The molecule has 0 aromatic heterocycles. The first kappa shape index (κ1) is 39.9. The normalized spacial score (nSPS) is 15.6. The predicted molar refractivity (Wildman–Crippen MR) is 189 cm³/mol. The maximum Gasteiger partial charge on any atom is 0.573 e. The van der Waals surface area contributed by atoms with Crippen LogP contribution in [0.25, 0.3) is 0 Å². The van der Waals surface area contributed by atoms with Gasteiger partial charge < -0.3 is 14.5 Å². The number of ether oxygens (including phenoxy) is 1. The molecule has 2 N–H and O–H groups in total. The third-order valence-electron chi connectivity index (χ3n) is 8.91. The van der Waals surface area contributed by atoms with Crippen LogP contribution in [-0.2, 0) is 39.1 Å². The van der Waals surface area contributed by atoms with Gasteiger partial charge in [-0.3, -0.25) is 0 Å². The van der Waals surface area contributed by atoms with Crippen molar-refractivity contribution < 1.29 is 47.9 Å². The van der Waals surface area contributed by atoms with Crippen LogP contribution in [0.3, 0.4) is 0 Å². The summed E-state index contributed by atoms with van der Waals surface area (Å²) in [5.74, 6) is -0.469. The van der Waals surface area contributed by atoms with E-state index >= 15 is 0 Å². The van der Waals surface area contributed by atoms with Crippen LogP contribution in [0.1, 0.15) is 30.5 Å². The van der Waals surface area contributed by atoms with Gasteiger partial charge in [0.15, 0.2) is 0 Å². The van der Waals surface area contributed by atoms with Gasteiger partial charge in [0.05, 0.1) is 15.4 Å². The van der Waals surface area contributed by atoms with Crippen LogP contribution in [0.5, 0.6) is 5.75 Å². The van der Waals surface area contributed by atoms with Crippen molar-refractivity contribution >= 4 is 31.4 Å². The molecule has 0 fully saturated rings. The molecule has 0 amide bonds. The van der Waals surface area contributed by atoms with Gasteiger partial charge in [0.25, 0.3) is 0 Å². The van der Waals surface area contributed by atoms with Gasteiger partial charge in [-0.25, -0.2) is 26.3 Å². The number of sulfonamides is 2. The van der Waals surface area contributed by atoms with Gasteiger partial charge in [-0.05, 0) is 98.5 Å². The summed E-state index contributed by atoms with van der Waals surface area (Å²) in [5.41, 5.74) is 3.77. The fourth-order valence-electron chi connectivity index (χ4n) is 6.13. The third-order valence-corrected chi connectivity index (χ3v) is 11.8. The Balaban J connectivity index is 0.000000204. The molecule has 0 spiro atoms. The summed E-state index contributed by atoms with van der Waals surface area (Å²) in [6.07, 6.45) is -7.49. The maximum absolute atomic E-state index is 12.6. The van der Waals surface area contributed by atoms with E-state index in [0.717, 1.165) is 85.8 Å². The Hall–Kier alpha value is -4.32. The SMILES string of the molecule is CC(CNS(=O)(=O)c1ccc(C(F)(F)F)cc1)N1CCc2ccccc21.CC(CNS(=O)(=O)c1ccc(OC(F)(F)F)cc1)N1CCc2ccccc21. The summed E-state index contributed by atoms with van der Waals surface area (Å²) in [4.78, 5) is 3.97. The number of fused-ring (bicyclic) bond motifs is 2. The van der Waals surface area contributed by atoms with Gasteiger partial charge in [-0.15, -0.1) is 13.2 Å². The number of hydrogen-bond acceptors (Lipinski definition) is 7. The molecule has 17 heteroatoms. The molecular formula is C36H38F6N4O5S2. The summed E-state index contributed by atoms with van der Waals surface area (Å²) in [5, 5.41) is 0. The lowest BCUT2D eigenvalue weighted by molar-refractivity contribution is -0.274. The quantitative estimate of drug-likeness (QED) is 0.162. The number of halogens is 6. The topological polar surface area (TPSA) is 108 Å². The largest absolute Gasteiger partial charge is 0.573 e. The molecule has 4 aromatic rings. The minimum Gasteiger partial charge on any atom is -0.406 e. The first-order chi connectivity index (χ1) is 24.8. The second-order valence-corrected chi connectivity index (χ2v) is 16.1. The fraction of sp³-hybridized carbons (Fsp3) is 0.333. The van der Waals surface area contributed by atoms with Crippen LogP contribution in [-0.4, -0.2) is 61.5 Å². The number of anilines is 2. The van der Waals surface area contributed by atoms with Gasteiger partial charge in [-0.1, -0.05) is 36.4 Å². The van der Waals surface area contributed by atoms with Crippen molar-refractivity contribution in [3.05, 3.63) is 114 Å². The molecule has 286 valence electrons. The average Bonchev–Trinajstić information content (AvgIpc) is 3.74. The molecule has 0 aliphatic carbocycles. The Morgan fingerprint density at radius 3 is 1.42 bits per heavy atom. The molecule has 2 unspecified atom stereocenters. The van der Waals surface area contributed by atoms with E-state index in [2.05, 4.69) is 36.1 Å². The molecule has 2 aliphatic rings. The zero-order valence-corrected chi connectivity index (χ0v) is 30.3. The van der Waals surface area contributed by atoms with Gasteiger partial charge in [0, 0.05) is 49.6 Å². The van der Waals surface area contributed by atoms with Gasteiger partial charge in [-0.2, -0.15) is 13.2 Å². The van der Waals surface area contributed by atoms with E-state index in [4.69, 9.17) is 0 Å². The lowest BCUT2D eigenvalue weighted by Gasteiger charge is -2.27. The Labute approximate surface area is 304 Å². The monoisotopic (exact) mass is 784 g/mol. The van der Waals surface area contributed by atoms with Crippen molar-refractivity contribution in [3.63, 3.8) is 0 Å². The number of alkyl halides is 6. The number of nitrogens with zero attached hydrogens (tertiary/aromatic N) is 2. The van der Waals surface area contributed by atoms with Crippen molar-refractivity contribution in [2.75, 3.05) is 36.0 Å². The molecule has 6 rings (SSSR count). The Morgan fingerprint density at radius 1 is 0.623 bits per heavy atom. The lowest BCUT2D eigenvalue weighted by atomic mass is 10.2. The van der Waals surface area contributed by atoms with E-state index in [1.807, 2.05) is 50.2 Å². The van der Waals surface area contributed by atoms with E-state index in [0.29, 0.717) is 0 Å². The number of hydrogen-bond donors (Lipinski definition) is 2. The van der Waals surface area contributed by atoms with Crippen LogP contribution >= 0.6 is 0 Å². The maximum atomic E-state index is 12.6. The summed E-state index contributed by atoms with van der Waals surface area (Å²) < 4.78 is 133. The zero-order chi connectivity index (χ0) is 38.6. The minimum atomic E-state index is -4.82. The second kappa shape index (κ2) is 16.0. The highest BCUT2D eigenvalue weighted by molar-refractivity contribution is 7.89. The standard InChI is InChI=1S/C18H19F3N2O3S.C18H19F3N2O2S/c1-13(23-11-10-14-4-2-3-5-17(14)23)12-22-27(24,25)16-8-6-15(7-9-16)26-18(19,20)21;1-13(23-11-10-14-4-2-3-5-17(14)23)12-22-26(24,25)16-8-6-15(7-9-16)18(19,20)21/h2-9,13,22H,10-12H2,1H3;2-9,13,22H,10-12H2,1H3. The van der Waals surface area contributed by atoms with Crippen LogP contribution < -0.4 is 24.0 Å². The lowest BCUT2D eigenvalue weighted by Crippen LogP contribution is -2.41. The van der Waals surface area contributed by atoms with Crippen LogP contribution in [0.15, 0.2) is 107 Å². The van der Waals surface area contributed by atoms with E-state index in [1.165, 1.54) is 11.1 Å². The number of rotatable bonds is 11. The summed E-state index contributed by atoms with van der Waals surface area (Å²) in [7, 11) is -7.70. The first-order valence-corrected chi connectivity index (χ1v) is 19.5. The third kappa shape index (κ3) is 10.2.